The molecule has 5 rings (SSSR count). The first-order chi connectivity index (χ1) is 16.1. The van der Waals surface area contributed by atoms with E-state index in [0.717, 1.165) is 40.2 Å². The summed E-state index contributed by atoms with van der Waals surface area (Å²) in [6.07, 6.45) is 6.46. The number of benzene rings is 2. The van der Waals surface area contributed by atoms with E-state index in [4.69, 9.17) is 16.3 Å². The molecule has 0 saturated carbocycles. The standard InChI is InChI=1S/C25H23ClN6O/c1-16-5-10-24(30-16)31-17-6-8-22-20(12-17)25(29-15-28-22)32-18-7-9-23(21(26)13-18)33-14-19-4-2-3-11-27-19/h2-4,6-13,15-16,30-31H,5,14H2,1H3,(H,28,29,32)/t16-/m1/s1. The number of aromatic nitrogens is 3. The van der Waals surface area contributed by atoms with Crippen LogP contribution in [0.5, 0.6) is 5.75 Å². The number of halogens is 1. The zero-order valence-corrected chi connectivity index (χ0v) is 18.8. The molecular formula is C25H23ClN6O. The van der Waals surface area contributed by atoms with Crippen LogP contribution in [0.4, 0.5) is 17.2 Å². The van der Waals surface area contributed by atoms with Crippen LogP contribution >= 0.6 is 11.6 Å². The van der Waals surface area contributed by atoms with Crippen molar-refractivity contribution in [3.8, 4) is 5.75 Å². The van der Waals surface area contributed by atoms with Crippen molar-refractivity contribution < 1.29 is 4.74 Å². The number of nitrogens with zero attached hydrogens (tertiary/aromatic N) is 3. The van der Waals surface area contributed by atoms with Gasteiger partial charge in [-0.2, -0.15) is 0 Å². The lowest BCUT2D eigenvalue weighted by atomic mass is 10.2. The summed E-state index contributed by atoms with van der Waals surface area (Å²) < 4.78 is 5.82. The highest BCUT2D eigenvalue weighted by atomic mass is 35.5. The minimum atomic E-state index is 0.351. The largest absolute Gasteiger partial charge is 0.486 e. The van der Waals surface area contributed by atoms with Crippen molar-refractivity contribution in [1.82, 2.24) is 20.3 Å². The molecule has 0 bridgehead atoms. The molecule has 3 N–H and O–H groups in total. The number of fused-ring (bicyclic) bond motifs is 1. The summed E-state index contributed by atoms with van der Waals surface area (Å²) in [4.78, 5) is 13.1. The van der Waals surface area contributed by atoms with Gasteiger partial charge in [0, 0.05) is 29.0 Å². The molecule has 7 nitrogen and oxygen atoms in total. The fourth-order valence-electron chi connectivity index (χ4n) is 3.62. The number of nitrogens with one attached hydrogen (secondary N) is 3. The average molecular weight is 459 g/mol. The first-order valence-corrected chi connectivity index (χ1v) is 11.1. The van der Waals surface area contributed by atoms with Crippen LogP contribution in [0.15, 0.2) is 79.0 Å². The van der Waals surface area contributed by atoms with Gasteiger partial charge in [-0.15, -0.1) is 0 Å². The van der Waals surface area contributed by atoms with Gasteiger partial charge in [-0.1, -0.05) is 17.7 Å². The van der Waals surface area contributed by atoms with Crippen LogP contribution in [0, 0.1) is 0 Å². The lowest BCUT2D eigenvalue weighted by Gasteiger charge is -2.14. The second-order valence-electron chi connectivity index (χ2n) is 7.86. The van der Waals surface area contributed by atoms with Crippen molar-refractivity contribution in [2.24, 2.45) is 0 Å². The number of hydrogen-bond donors (Lipinski definition) is 3. The predicted molar refractivity (Wildman–Crippen MR) is 132 cm³/mol. The smallest absolute Gasteiger partial charge is 0.141 e. The van der Waals surface area contributed by atoms with Crippen molar-refractivity contribution in [2.45, 2.75) is 26.0 Å². The van der Waals surface area contributed by atoms with E-state index in [1.807, 2.05) is 54.6 Å². The highest BCUT2D eigenvalue weighted by Gasteiger charge is 2.12. The molecule has 0 fully saturated rings. The molecular weight excluding hydrogens is 436 g/mol. The summed E-state index contributed by atoms with van der Waals surface area (Å²) in [6.45, 7) is 2.51. The Morgan fingerprint density at radius 3 is 2.70 bits per heavy atom. The minimum absolute atomic E-state index is 0.351. The van der Waals surface area contributed by atoms with Gasteiger partial charge in [-0.3, -0.25) is 4.98 Å². The van der Waals surface area contributed by atoms with Gasteiger partial charge in [0.25, 0.3) is 0 Å². The second kappa shape index (κ2) is 9.34. The minimum Gasteiger partial charge on any atom is -0.486 e. The molecule has 1 aliphatic rings. The number of pyridine rings is 1. The summed E-state index contributed by atoms with van der Waals surface area (Å²) in [6, 6.07) is 17.7. The Morgan fingerprint density at radius 1 is 1.03 bits per heavy atom. The topological polar surface area (TPSA) is 84.0 Å². The molecule has 1 atom stereocenters. The molecule has 8 heteroatoms. The third-order valence-electron chi connectivity index (χ3n) is 5.29. The molecule has 33 heavy (non-hydrogen) atoms. The fraction of sp³-hybridized carbons (Fsp3) is 0.160. The van der Waals surface area contributed by atoms with Gasteiger partial charge >= 0.3 is 0 Å². The van der Waals surface area contributed by atoms with Gasteiger partial charge in [0.15, 0.2) is 0 Å². The maximum absolute atomic E-state index is 6.47. The molecule has 166 valence electrons. The van der Waals surface area contributed by atoms with Gasteiger partial charge in [-0.05, 0) is 68.0 Å². The van der Waals surface area contributed by atoms with E-state index in [2.05, 4.69) is 43.9 Å². The van der Waals surface area contributed by atoms with Gasteiger partial charge in [0.05, 0.1) is 22.1 Å². The van der Waals surface area contributed by atoms with E-state index in [0.29, 0.717) is 29.2 Å². The molecule has 1 aliphatic heterocycles. The van der Waals surface area contributed by atoms with Gasteiger partial charge in [-0.25, -0.2) is 9.97 Å². The molecule has 3 heterocycles. The van der Waals surface area contributed by atoms with E-state index >= 15 is 0 Å². The Balaban J connectivity index is 1.33. The van der Waals surface area contributed by atoms with Gasteiger partial charge in [0.1, 0.15) is 24.5 Å². The molecule has 0 radical (unpaired) electrons. The lowest BCUT2D eigenvalue weighted by Crippen LogP contribution is -2.22. The van der Waals surface area contributed by atoms with E-state index in [-0.39, 0.29) is 0 Å². The number of ether oxygens (including phenoxy) is 1. The molecule has 0 unspecified atom stereocenters. The zero-order chi connectivity index (χ0) is 22.6. The van der Waals surface area contributed by atoms with Crippen LogP contribution in [0.25, 0.3) is 10.9 Å². The number of hydrogen-bond acceptors (Lipinski definition) is 7. The summed E-state index contributed by atoms with van der Waals surface area (Å²) in [5.74, 6) is 2.31. The van der Waals surface area contributed by atoms with Gasteiger partial charge < -0.3 is 20.7 Å². The van der Waals surface area contributed by atoms with Crippen LogP contribution in [0.3, 0.4) is 0 Å². The van der Waals surface area contributed by atoms with Crippen LogP contribution in [-0.2, 0) is 6.61 Å². The molecule has 0 saturated heterocycles. The van der Waals surface area contributed by atoms with Crippen molar-refractivity contribution >= 4 is 39.7 Å². The van der Waals surface area contributed by atoms with Crippen LogP contribution in [-0.4, -0.2) is 21.0 Å². The third-order valence-corrected chi connectivity index (χ3v) is 5.58. The normalized spacial score (nSPS) is 15.1. The second-order valence-corrected chi connectivity index (χ2v) is 8.27. The first kappa shape index (κ1) is 21.0. The Labute approximate surface area is 196 Å². The molecule has 2 aromatic heterocycles. The molecule has 0 spiro atoms. The van der Waals surface area contributed by atoms with E-state index < -0.39 is 0 Å². The van der Waals surface area contributed by atoms with Crippen LogP contribution < -0.4 is 20.7 Å². The van der Waals surface area contributed by atoms with E-state index in [9.17, 15) is 0 Å². The van der Waals surface area contributed by atoms with Crippen molar-refractivity contribution in [3.63, 3.8) is 0 Å². The lowest BCUT2D eigenvalue weighted by molar-refractivity contribution is 0.301. The predicted octanol–water partition coefficient (Wildman–Crippen LogP) is 5.64. The quantitative estimate of drug-likeness (QED) is 0.330. The number of anilines is 3. The SMILES string of the molecule is C[C@@H]1CC=C(Nc2ccc3ncnc(Nc4ccc(OCc5ccccn5)c(Cl)c4)c3c2)N1. The molecule has 2 aromatic carbocycles. The Kier molecular flexibility index (Phi) is 5.95. The maximum Gasteiger partial charge on any atom is 0.141 e. The summed E-state index contributed by atoms with van der Waals surface area (Å²) in [7, 11) is 0. The highest BCUT2D eigenvalue weighted by molar-refractivity contribution is 6.32. The first-order valence-electron chi connectivity index (χ1n) is 10.7. The molecule has 0 amide bonds. The highest BCUT2D eigenvalue weighted by Crippen LogP contribution is 2.31. The summed E-state index contributed by atoms with van der Waals surface area (Å²) >= 11 is 6.47. The average Bonchev–Trinajstić information content (AvgIpc) is 3.24. The van der Waals surface area contributed by atoms with Crippen LogP contribution in [0.2, 0.25) is 5.02 Å². The Hall–Kier alpha value is -3.84. The fourth-order valence-corrected chi connectivity index (χ4v) is 3.86. The third kappa shape index (κ3) is 4.99. The van der Waals surface area contributed by atoms with Crippen molar-refractivity contribution in [3.05, 3.63) is 89.7 Å². The Morgan fingerprint density at radius 2 is 1.91 bits per heavy atom. The van der Waals surface area contributed by atoms with E-state index in [1.54, 1.807) is 12.5 Å². The van der Waals surface area contributed by atoms with Crippen molar-refractivity contribution in [1.29, 1.82) is 0 Å². The molecule has 0 aliphatic carbocycles. The Bertz CT molecular complexity index is 1310. The van der Waals surface area contributed by atoms with Gasteiger partial charge in [0.2, 0.25) is 0 Å². The maximum atomic E-state index is 6.47. The zero-order valence-electron chi connectivity index (χ0n) is 18.0. The summed E-state index contributed by atoms with van der Waals surface area (Å²) in [5.41, 5.74) is 3.45. The van der Waals surface area contributed by atoms with E-state index in [1.165, 1.54) is 0 Å². The van der Waals surface area contributed by atoms with Crippen LogP contribution in [0.1, 0.15) is 19.0 Å². The number of rotatable bonds is 7. The van der Waals surface area contributed by atoms with Crippen molar-refractivity contribution in [2.75, 3.05) is 10.6 Å². The summed E-state index contributed by atoms with van der Waals surface area (Å²) in [5, 5.41) is 11.6. The monoisotopic (exact) mass is 458 g/mol. The molecule has 4 aromatic rings.